The monoisotopic (exact) mass is 177 g/mol. The zero-order valence-electron chi connectivity index (χ0n) is 7.89. The van der Waals surface area contributed by atoms with Crippen molar-refractivity contribution in [1.82, 2.24) is 19.5 Å². The van der Waals surface area contributed by atoms with Crippen LogP contribution in [0.5, 0.6) is 0 Å². The SMILES string of the molecule is CN(C)c1ncnc2ncn(C)c12. The molecule has 0 aliphatic heterocycles. The molecule has 0 fully saturated rings. The van der Waals surface area contributed by atoms with Gasteiger partial charge in [-0.2, -0.15) is 0 Å². The van der Waals surface area contributed by atoms with E-state index in [2.05, 4.69) is 15.0 Å². The van der Waals surface area contributed by atoms with Crippen LogP contribution in [0.15, 0.2) is 12.7 Å². The summed E-state index contributed by atoms with van der Waals surface area (Å²) < 4.78 is 1.92. The fourth-order valence-corrected chi connectivity index (χ4v) is 1.30. The molecular weight excluding hydrogens is 166 g/mol. The van der Waals surface area contributed by atoms with E-state index in [0.29, 0.717) is 0 Å². The van der Waals surface area contributed by atoms with E-state index < -0.39 is 0 Å². The van der Waals surface area contributed by atoms with E-state index in [1.165, 1.54) is 6.33 Å². The van der Waals surface area contributed by atoms with E-state index >= 15 is 0 Å². The number of hydrogen-bond acceptors (Lipinski definition) is 4. The minimum atomic E-state index is 0.737. The molecule has 2 aromatic rings. The largest absolute Gasteiger partial charge is 0.361 e. The van der Waals surface area contributed by atoms with Crippen molar-refractivity contribution in [3.05, 3.63) is 12.7 Å². The Bertz CT molecular complexity index is 431. The summed E-state index contributed by atoms with van der Waals surface area (Å²) in [4.78, 5) is 14.4. The van der Waals surface area contributed by atoms with Crippen molar-refractivity contribution >= 4 is 17.0 Å². The highest BCUT2D eigenvalue weighted by Gasteiger charge is 2.08. The van der Waals surface area contributed by atoms with Gasteiger partial charge in [-0.05, 0) is 0 Å². The predicted molar refractivity (Wildman–Crippen MR) is 50.6 cm³/mol. The van der Waals surface area contributed by atoms with E-state index in [-0.39, 0.29) is 0 Å². The molecule has 0 spiro atoms. The Kier molecular flexibility index (Phi) is 1.65. The van der Waals surface area contributed by atoms with Crippen molar-refractivity contribution in [2.24, 2.45) is 7.05 Å². The average Bonchev–Trinajstić information content (AvgIpc) is 2.48. The summed E-state index contributed by atoms with van der Waals surface area (Å²) in [6.45, 7) is 0. The lowest BCUT2D eigenvalue weighted by atomic mass is 10.4. The van der Waals surface area contributed by atoms with Gasteiger partial charge in [-0.25, -0.2) is 15.0 Å². The lowest BCUT2D eigenvalue weighted by Crippen LogP contribution is -2.12. The van der Waals surface area contributed by atoms with E-state index in [0.717, 1.165) is 17.0 Å². The summed E-state index contributed by atoms with van der Waals surface area (Å²) in [5, 5.41) is 0. The quantitative estimate of drug-likeness (QED) is 0.633. The van der Waals surface area contributed by atoms with Crippen LogP contribution in [0.3, 0.4) is 0 Å². The molecule has 13 heavy (non-hydrogen) atoms. The molecule has 0 saturated heterocycles. The van der Waals surface area contributed by atoms with Gasteiger partial charge in [-0.15, -0.1) is 0 Å². The molecule has 0 aliphatic carbocycles. The zero-order valence-corrected chi connectivity index (χ0v) is 7.89. The molecule has 0 atom stereocenters. The van der Waals surface area contributed by atoms with Gasteiger partial charge in [0.25, 0.3) is 0 Å². The second kappa shape index (κ2) is 2.69. The average molecular weight is 177 g/mol. The summed E-state index contributed by atoms with van der Waals surface area (Å²) in [7, 11) is 5.84. The van der Waals surface area contributed by atoms with Gasteiger partial charge in [0.2, 0.25) is 0 Å². The Morgan fingerprint density at radius 1 is 1.23 bits per heavy atom. The second-order valence-corrected chi connectivity index (χ2v) is 3.12. The molecule has 5 heteroatoms. The van der Waals surface area contributed by atoms with Gasteiger partial charge in [0.1, 0.15) is 11.8 Å². The molecule has 0 amide bonds. The van der Waals surface area contributed by atoms with Crippen molar-refractivity contribution in [3.8, 4) is 0 Å². The number of hydrogen-bond donors (Lipinski definition) is 0. The maximum atomic E-state index is 4.19. The highest BCUT2D eigenvalue weighted by Crippen LogP contribution is 2.18. The Labute approximate surface area is 76.0 Å². The molecule has 68 valence electrons. The van der Waals surface area contributed by atoms with Gasteiger partial charge < -0.3 is 9.47 Å². The standard InChI is InChI=1S/C8H11N5/c1-12(2)8-6-7(9-4-10-8)11-5-13(6)3/h4-5H,1-3H3. The summed E-state index contributed by atoms with van der Waals surface area (Å²) >= 11 is 0. The van der Waals surface area contributed by atoms with Gasteiger partial charge in [0, 0.05) is 21.1 Å². The molecule has 0 bridgehead atoms. The predicted octanol–water partition coefficient (Wildman–Crippen LogP) is 0.429. The van der Waals surface area contributed by atoms with Crippen molar-refractivity contribution < 1.29 is 0 Å². The zero-order chi connectivity index (χ0) is 9.42. The van der Waals surface area contributed by atoms with Crippen LogP contribution in [0.2, 0.25) is 0 Å². The molecule has 0 aromatic carbocycles. The topological polar surface area (TPSA) is 46.8 Å². The van der Waals surface area contributed by atoms with Crippen LogP contribution in [-0.2, 0) is 7.05 Å². The van der Waals surface area contributed by atoms with Crippen LogP contribution < -0.4 is 4.90 Å². The number of rotatable bonds is 1. The molecule has 2 heterocycles. The maximum absolute atomic E-state index is 4.19. The minimum Gasteiger partial charge on any atom is -0.361 e. The van der Waals surface area contributed by atoms with Crippen molar-refractivity contribution in [2.45, 2.75) is 0 Å². The molecule has 2 rings (SSSR count). The van der Waals surface area contributed by atoms with E-state index in [1.807, 2.05) is 30.6 Å². The Hall–Kier alpha value is -1.65. The molecule has 0 saturated carbocycles. The normalized spacial score (nSPS) is 10.7. The highest BCUT2D eigenvalue weighted by molar-refractivity contribution is 5.83. The van der Waals surface area contributed by atoms with E-state index in [1.54, 1.807) is 6.33 Å². The summed E-state index contributed by atoms with van der Waals surface area (Å²) in [5.74, 6) is 0.894. The number of fused-ring (bicyclic) bond motifs is 1. The number of nitrogens with zero attached hydrogens (tertiary/aromatic N) is 5. The molecule has 0 N–H and O–H groups in total. The number of anilines is 1. The smallest absolute Gasteiger partial charge is 0.182 e. The molecule has 0 unspecified atom stereocenters. The highest BCUT2D eigenvalue weighted by atomic mass is 15.2. The molecule has 0 radical (unpaired) electrons. The van der Waals surface area contributed by atoms with E-state index in [4.69, 9.17) is 0 Å². The summed E-state index contributed by atoms with van der Waals surface area (Å²) in [6, 6.07) is 0. The summed E-state index contributed by atoms with van der Waals surface area (Å²) in [6.07, 6.45) is 3.27. The third kappa shape index (κ3) is 1.12. The van der Waals surface area contributed by atoms with Gasteiger partial charge in [0.15, 0.2) is 11.5 Å². The Morgan fingerprint density at radius 2 is 2.00 bits per heavy atom. The van der Waals surface area contributed by atoms with Crippen molar-refractivity contribution in [3.63, 3.8) is 0 Å². The fraction of sp³-hybridized carbons (Fsp3) is 0.375. The first kappa shape index (κ1) is 7.97. The summed E-state index contributed by atoms with van der Waals surface area (Å²) in [5.41, 5.74) is 1.70. The van der Waals surface area contributed by atoms with Gasteiger partial charge >= 0.3 is 0 Å². The first-order valence-corrected chi connectivity index (χ1v) is 3.99. The van der Waals surface area contributed by atoms with Crippen molar-refractivity contribution in [1.29, 1.82) is 0 Å². The minimum absolute atomic E-state index is 0.737. The van der Waals surface area contributed by atoms with Crippen LogP contribution >= 0.6 is 0 Å². The number of aromatic nitrogens is 4. The van der Waals surface area contributed by atoms with Crippen LogP contribution in [0, 0.1) is 0 Å². The second-order valence-electron chi connectivity index (χ2n) is 3.12. The van der Waals surface area contributed by atoms with Crippen LogP contribution in [0.25, 0.3) is 11.2 Å². The van der Waals surface area contributed by atoms with Gasteiger partial charge in [0.05, 0.1) is 6.33 Å². The molecule has 5 nitrogen and oxygen atoms in total. The van der Waals surface area contributed by atoms with Gasteiger partial charge in [-0.1, -0.05) is 0 Å². The molecule has 0 aliphatic rings. The third-order valence-corrected chi connectivity index (χ3v) is 1.91. The van der Waals surface area contributed by atoms with Crippen LogP contribution in [-0.4, -0.2) is 33.6 Å². The Balaban J connectivity index is 2.80. The van der Waals surface area contributed by atoms with Gasteiger partial charge in [-0.3, -0.25) is 0 Å². The first-order chi connectivity index (χ1) is 6.20. The Morgan fingerprint density at radius 3 is 2.69 bits per heavy atom. The molecular formula is C8H11N5. The lowest BCUT2D eigenvalue weighted by molar-refractivity contribution is 0.935. The number of imidazole rings is 1. The van der Waals surface area contributed by atoms with Crippen LogP contribution in [0.4, 0.5) is 5.82 Å². The fourth-order valence-electron chi connectivity index (χ4n) is 1.30. The van der Waals surface area contributed by atoms with Crippen LogP contribution in [0.1, 0.15) is 0 Å². The lowest BCUT2D eigenvalue weighted by Gasteiger charge is -2.11. The first-order valence-electron chi connectivity index (χ1n) is 3.99. The maximum Gasteiger partial charge on any atom is 0.182 e. The number of aryl methyl sites for hydroxylation is 1. The van der Waals surface area contributed by atoms with Crippen molar-refractivity contribution in [2.75, 3.05) is 19.0 Å². The van der Waals surface area contributed by atoms with E-state index in [9.17, 15) is 0 Å². The third-order valence-electron chi connectivity index (χ3n) is 1.91. The molecule has 2 aromatic heterocycles.